The Morgan fingerprint density at radius 1 is 1.00 bits per heavy atom. The summed E-state index contributed by atoms with van der Waals surface area (Å²) in [4.78, 5) is 22.8. The fourth-order valence-electron chi connectivity index (χ4n) is 3.30. The highest BCUT2D eigenvalue weighted by molar-refractivity contribution is 7.92. The van der Waals surface area contributed by atoms with Crippen molar-refractivity contribution in [3.8, 4) is 5.75 Å². The predicted octanol–water partition coefficient (Wildman–Crippen LogP) is 1.99. The van der Waals surface area contributed by atoms with Crippen molar-refractivity contribution in [1.29, 1.82) is 0 Å². The van der Waals surface area contributed by atoms with Gasteiger partial charge in [0.15, 0.2) is 0 Å². The van der Waals surface area contributed by atoms with Crippen LogP contribution in [-0.2, 0) is 19.6 Å². The molecule has 0 bridgehead atoms. The lowest BCUT2D eigenvalue weighted by Crippen LogP contribution is -2.36. The average molecular weight is 474 g/mol. The quantitative estimate of drug-likeness (QED) is 0.345. The van der Waals surface area contributed by atoms with Gasteiger partial charge in [-0.05, 0) is 36.4 Å². The van der Waals surface area contributed by atoms with Gasteiger partial charge in [-0.2, -0.15) is 0 Å². The Balaban J connectivity index is 2.16. The molecule has 0 fully saturated rings. The van der Waals surface area contributed by atoms with E-state index in [0.29, 0.717) is 22.2 Å². The van der Waals surface area contributed by atoms with Crippen LogP contribution < -0.4 is 14.4 Å². The van der Waals surface area contributed by atoms with E-state index in [1.807, 2.05) is 0 Å². The number of hydrogen-bond acceptors (Lipinski definition) is 7. The van der Waals surface area contributed by atoms with Crippen LogP contribution in [0.15, 0.2) is 65.6 Å². The molecular weight excluding hydrogens is 452 g/mol. The predicted molar refractivity (Wildman–Crippen MR) is 121 cm³/mol. The third-order valence-electron chi connectivity index (χ3n) is 4.91. The van der Waals surface area contributed by atoms with Gasteiger partial charge in [0.05, 0.1) is 24.3 Å². The zero-order valence-electron chi connectivity index (χ0n) is 17.5. The van der Waals surface area contributed by atoms with Gasteiger partial charge < -0.3 is 25.4 Å². The number of benzene rings is 3. The van der Waals surface area contributed by atoms with Crippen LogP contribution in [0.1, 0.15) is 0 Å². The minimum absolute atomic E-state index is 0.102. The van der Waals surface area contributed by atoms with Gasteiger partial charge in [0.25, 0.3) is 10.0 Å². The summed E-state index contributed by atoms with van der Waals surface area (Å²) in [5.74, 6) is -2.18. The summed E-state index contributed by atoms with van der Waals surface area (Å²) >= 11 is 0. The van der Waals surface area contributed by atoms with Gasteiger partial charge in [0, 0.05) is 16.5 Å². The van der Waals surface area contributed by atoms with Gasteiger partial charge in [-0.3, -0.25) is 9.10 Å². The molecule has 10 nitrogen and oxygen atoms in total. The molecule has 3 aromatic rings. The average Bonchev–Trinajstić information content (AvgIpc) is 2.80. The van der Waals surface area contributed by atoms with Crippen LogP contribution in [0.5, 0.6) is 5.75 Å². The number of methoxy groups -OCH3 is 1. The van der Waals surface area contributed by atoms with Crippen molar-refractivity contribution < 1.29 is 38.1 Å². The smallest absolute Gasteiger partial charge is 0.328 e. The number of ether oxygens (including phenoxy) is 1. The molecule has 1 atom stereocenters. The summed E-state index contributed by atoms with van der Waals surface area (Å²) in [6.07, 6.45) is 0. The molecule has 33 heavy (non-hydrogen) atoms. The van der Waals surface area contributed by atoms with Crippen molar-refractivity contribution in [1.82, 2.24) is 0 Å². The van der Waals surface area contributed by atoms with E-state index in [4.69, 9.17) is 4.74 Å². The van der Waals surface area contributed by atoms with Gasteiger partial charge in [-0.25, -0.2) is 13.2 Å². The highest BCUT2D eigenvalue weighted by Gasteiger charge is 2.29. The minimum Gasteiger partial charge on any atom is -0.497 e. The molecule has 0 spiro atoms. The number of aliphatic hydroxyl groups excluding tert-OH is 1. The maximum atomic E-state index is 13.4. The number of carbonyl (C=O) groups is 2. The summed E-state index contributed by atoms with van der Waals surface area (Å²) < 4.78 is 32.6. The van der Waals surface area contributed by atoms with E-state index in [-0.39, 0.29) is 10.6 Å². The fourth-order valence-corrected chi connectivity index (χ4v) is 4.73. The van der Waals surface area contributed by atoms with Gasteiger partial charge in [0.2, 0.25) is 0 Å². The Morgan fingerprint density at radius 2 is 1.64 bits per heavy atom. The Morgan fingerprint density at radius 3 is 2.18 bits per heavy atom. The first-order valence-corrected chi connectivity index (χ1v) is 11.1. The van der Waals surface area contributed by atoms with Gasteiger partial charge in [0.1, 0.15) is 18.3 Å². The van der Waals surface area contributed by atoms with Crippen LogP contribution >= 0.6 is 0 Å². The molecule has 0 aliphatic heterocycles. The molecule has 0 aromatic heterocycles. The topological polar surface area (TPSA) is 153 Å². The first-order chi connectivity index (χ1) is 15.7. The van der Waals surface area contributed by atoms with Crippen LogP contribution in [0, 0.1) is 0 Å². The van der Waals surface area contributed by atoms with Crippen LogP contribution in [-0.4, -0.2) is 62.0 Å². The van der Waals surface area contributed by atoms with E-state index >= 15 is 0 Å². The number of rotatable bonds is 10. The van der Waals surface area contributed by atoms with Crippen molar-refractivity contribution in [3.63, 3.8) is 0 Å². The lowest BCUT2D eigenvalue weighted by Gasteiger charge is -2.25. The molecule has 0 radical (unpaired) electrons. The molecule has 0 unspecified atom stereocenters. The van der Waals surface area contributed by atoms with Crippen LogP contribution in [0.3, 0.4) is 0 Å². The van der Waals surface area contributed by atoms with Crippen molar-refractivity contribution in [3.05, 3.63) is 60.7 Å². The number of aliphatic carboxylic acids is 2. The molecule has 3 rings (SSSR count). The Labute approximate surface area is 189 Å². The summed E-state index contributed by atoms with van der Waals surface area (Å²) in [7, 11) is -2.84. The van der Waals surface area contributed by atoms with Crippen molar-refractivity contribution in [2.75, 3.05) is 29.9 Å². The molecule has 0 heterocycles. The van der Waals surface area contributed by atoms with E-state index in [1.165, 1.54) is 43.5 Å². The summed E-state index contributed by atoms with van der Waals surface area (Å²) in [5.41, 5.74) is 0.443. The molecule has 11 heteroatoms. The van der Waals surface area contributed by atoms with Gasteiger partial charge >= 0.3 is 11.9 Å². The molecule has 0 aliphatic carbocycles. The number of carboxylic acid groups (broad SMARTS) is 2. The molecular formula is C22H22N2O8S. The molecule has 4 N–H and O–H groups in total. The normalized spacial score (nSPS) is 12.2. The summed E-state index contributed by atoms with van der Waals surface area (Å²) in [5, 5.41) is 31.6. The van der Waals surface area contributed by atoms with E-state index in [1.54, 1.807) is 24.3 Å². The van der Waals surface area contributed by atoms with Crippen LogP contribution in [0.2, 0.25) is 0 Å². The lowest BCUT2D eigenvalue weighted by atomic mass is 10.1. The highest BCUT2D eigenvalue weighted by atomic mass is 32.2. The van der Waals surface area contributed by atoms with E-state index in [0.717, 1.165) is 4.31 Å². The molecule has 3 aromatic carbocycles. The largest absolute Gasteiger partial charge is 0.497 e. The Kier molecular flexibility index (Phi) is 7.04. The summed E-state index contributed by atoms with van der Waals surface area (Å²) in [6.45, 7) is -1.50. The standard InChI is InChI=1S/C22H22N2O8S/c1-32-14-6-8-15(9-7-14)33(30,31)24(12-21(26)27)20-11-10-18(23-19(13-25)22(28)29)16-4-2-3-5-17(16)20/h2-11,19,23,25H,12-13H2,1H3,(H,26,27)(H,28,29)/t19-/m0/s1. The number of fused-ring (bicyclic) bond motifs is 1. The number of carboxylic acids is 2. The second-order valence-corrected chi connectivity index (χ2v) is 8.84. The second-order valence-electron chi connectivity index (χ2n) is 6.98. The maximum absolute atomic E-state index is 13.4. The molecule has 174 valence electrons. The maximum Gasteiger partial charge on any atom is 0.328 e. The minimum atomic E-state index is -4.28. The van der Waals surface area contributed by atoms with Crippen molar-refractivity contribution in [2.45, 2.75) is 10.9 Å². The molecule has 0 saturated heterocycles. The SMILES string of the molecule is COc1ccc(S(=O)(=O)N(CC(=O)O)c2ccc(N[C@@H](CO)C(=O)O)c3ccccc23)cc1. The van der Waals surface area contributed by atoms with Crippen molar-refractivity contribution in [2.24, 2.45) is 0 Å². The van der Waals surface area contributed by atoms with Crippen LogP contribution in [0.4, 0.5) is 11.4 Å². The lowest BCUT2D eigenvalue weighted by molar-refractivity contribution is -0.139. The summed E-state index contributed by atoms with van der Waals surface area (Å²) in [6, 6.07) is 13.7. The zero-order chi connectivity index (χ0) is 24.2. The first-order valence-electron chi connectivity index (χ1n) is 9.69. The number of nitrogens with zero attached hydrogens (tertiary/aromatic N) is 1. The van der Waals surface area contributed by atoms with Gasteiger partial charge in [-0.1, -0.05) is 24.3 Å². The molecule has 0 saturated carbocycles. The third-order valence-corrected chi connectivity index (χ3v) is 6.68. The van der Waals surface area contributed by atoms with Crippen molar-refractivity contribution >= 4 is 44.1 Å². The fraction of sp³-hybridized carbons (Fsp3) is 0.182. The van der Waals surface area contributed by atoms with Gasteiger partial charge in [-0.15, -0.1) is 0 Å². The van der Waals surface area contributed by atoms with Crippen LogP contribution in [0.25, 0.3) is 10.8 Å². The number of anilines is 2. The molecule has 0 aliphatic rings. The number of hydrogen-bond donors (Lipinski definition) is 4. The molecule has 0 amide bonds. The van der Waals surface area contributed by atoms with E-state index < -0.39 is 41.2 Å². The monoisotopic (exact) mass is 474 g/mol. The zero-order valence-corrected chi connectivity index (χ0v) is 18.3. The third kappa shape index (κ3) is 4.99. The van der Waals surface area contributed by atoms with E-state index in [2.05, 4.69) is 5.32 Å². The second kappa shape index (κ2) is 9.76. The Bertz CT molecular complexity index is 1280. The first kappa shape index (κ1) is 23.8. The number of sulfonamides is 1. The Hall–Kier alpha value is -3.83. The number of nitrogens with one attached hydrogen (secondary N) is 1. The number of aliphatic hydroxyl groups is 1. The highest BCUT2D eigenvalue weighted by Crippen LogP contribution is 2.35. The van der Waals surface area contributed by atoms with E-state index in [9.17, 15) is 33.3 Å².